The average molecular weight is 271 g/mol. The molecule has 2 aromatic rings. The molecule has 1 N–H and O–H groups in total. The Morgan fingerprint density at radius 2 is 1.95 bits per heavy atom. The lowest BCUT2D eigenvalue weighted by Gasteiger charge is -2.10. The topological polar surface area (TPSA) is 38.3 Å². The van der Waals surface area contributed by atoms with Gasteiger partial charge in [-0.3, -0.25) is 4.79 Å². The Labute approximate surface area is 116 Å². The number of hydrogen-bond acceptors (Lipinski definition) is 2. The Hall–Kier alpha value is -2.36. The van der Waals surface area contributed by atoms with Crippen LogP contribution in [0.5, 0.6) is 5.75 Å². The van der Waals surface area contributed by atoms with Gasteiger partial charge in [-0.2, -0.15) is 0 Å². The van der Waals surface area contributed by atoms with Crippen LogP contribution in [0.3, 0.4) is 0 Å². The van der Waals surface area contributed by atoms with Crippen LogP contribution in [0.2, 0.25) is 0 Å². The summed E-state index contributed by atoms with van der Waals surface area (Å²) >= 11 is 0. The first kappa shape index (κ1) is 12.7. The second-order valence-electron chi connectivity index (χ2n) is 4.76. The summed E-state index contributed by atoms with van der Waals surface area (Å²) in [5.74, 6) is 0.498. The van der Waals surface area contributed by atoms with Crippen molar-refractivity contribution in [2.45, 2.75) is 5.92 Å². The van der Waals surface area contributed by atoms with Crippen LogP contribution in [-0.4, -0.2) is 19.1 Å². The van der Waals surface area contributed by atoms with Crippen molar-refractivity contribution in [1.29, 1.82) is 0 Å². The van der Waals surface area contributed by atoms with E-state index in [2.05, 4.69) is 5.32 Å². The molecule has 0 aromatic heterocycles. The number of carbonyl (C=O) groups is 1. The molecule has 0 saturated heterocycles. The molecule has 1 heterocycles. The maximum absolute atomic E-state index is 12.8. The third-order valence-corrected chi connectivity index (χ3v) is 3.41. The number of nitrogens with one attached hydrogen (secondary N) is 1. The number of ether oxygens (including phenoxy) is 1. The van der Waals surface area contributed by atoms with E-state index in [0.717, 1.165) is 11.3 Å². The normalized spacial score (nSPS) is 16.4. The second kappa shape index (κ2) is 5.33. The van der Waals surface area contributed by atoms with Crippen molar-refractivity contribution in [2.75, 3.05) is 13.2 Å². The van der Waals surface area contributed by atoms with E-state index < -0.39 is 0 Å². The van der Waals surface area contributed by atoms with Gasteiger partial charge in [0.25, 0.3) is 5.91 Å². The van der Waals surface area contributed by atoms with Gasteiger partial charge in [0.05, 0.1) is 6.61 Å². The van der Waals surface area contributed by atoms with Gasteiger partial charge in [0.2, 0.25) is 0 Å². The van der Waals surface area contributed by atoms with Gasteiger partial charge in [-0.05, 0) is 30.3 Å². The second-order valence-corrected chi connectivity index (χ2v) is 4.76. The third-order valence-electron chi connectivity index (χ3n) is 3.41. The van der Waals surface area contributed by atoms with Gasteiger partial charge < -0.3 is 10.1 Å². The number of para-hydroxylation sites is 1. The first-order valence-corrected chi connectivity index (χ1v) is 6.49. The highest BCUT2D eigenvalue weighted by Crippen LogP contribution is 2.32. The van der Waals surface area contributed by atoms with E-state index in [-0.39, 0.29) is 17.6 Å². The largest absolute Gasteiger partial charge is 0.493 e. The molecule has 1 atom stereocenters. The van der Waals surface area contributed by atoms with Gasteiger partial charge >= 0.3 is 0 Å². The number of amides is 1. The predicted molar refractivity (Wildman–Crippen MR) is 73.4 cm³/mol. The third kappa shape index (κ3) is 2.50. The molecule has 3 nitrogen and oxygen atoms in total. The molecule has 1 unspecified atom stereocenters. The van der Waals surface area contributed by atoms with Crippen molar-refractivity contribution in [2.24, 2.45) is 0 Å². The van der Waals surface area contributed by atoms with E-state index in [9.17, 15) is 9.18 Å². The number of hydrogen-bond donors (Lipinski definition) is 1. The Kier molecular flexibility index (Phi) is 3.37. The predicted octanol–water partition coefficient (Wildman–Crippen LogP) is 2.73. The van der Waals surface area contributed by atoms with E-state index in [1.165, 1.54) is 24.3 Å². The molecular formula is C16H14FNO2. The summed E-state index contributed by atoms with van der Waals surface area (Å²) in [6, 6.07) is 13.3. The first-order chi connectivity index (χ1) is 9.74. The number of rotatable bonds is 3. The van der Waals surface area contributed by atoms with E-state index >= 15 is 0 Å². The molecule has 0 saturated carbocycles. The molecule has 1 aliphatic heterocycles. The summed E-state index contributed by atoms with van der Waals surface area (Å²) in [7, 11) is 0. The van der Waals surface area contributed by atoms with Crippen LogP contribution in [0.15, 0.2) is 48.5 Å². The van der Waals surface area contributed by atoms with Crippen molar-refractivity contribution in [3.05, 3.63) is 65.5 Å². The summed E-state index contributed by atoms with van der Waals surface area (Å²) in [5, 5.41) is 2.86. The summed E-state index contributed by atoms with van der Waals surface area (Å²) in [6.45, 7) is 1.08. The minimum absolute atomic E-state index is 0.163. The van der Waals surface area contributed by atoms with Crippen molar-refractivity contribution >= 4 is 5.91 Å². The summed E-state index contributed by atoms with van der Waals surface area (Å²) in [5.41, 5.74) is 1.57. The van der Waals surface area contributed by atoms with Gasteiger partial charge in [-0.15, -0.1) is 0 Å². The van der Waals surface area contributed by atoms with Gasteiger partial charge in [-0.1, -0.05) is 18.2 Å². The van der Waals surface area contributed by atoms with E-state index in [1.54, 1.807) is 0 Å². The minimum Gasteiger partial charge on any atom is -0.493 e. The monoisotopic (exact) mass is 271 g/mol. The molecule has 0 aliphatic carbocycles. The molecule has 0 bridgehead atoms. The zero-order valence-electron chi connectivity index (χ0n) is 10.8. The molecule has 2 aromatic carbocycles. The lowest BCUT2D eigenvalue weighted by atomic mass is 10.0. The zero-order chi connectivity index (χ0) is 13.9. The van der Waals surface area contributed by atoms with Crippen molar-refractivity contribution < 1.29 is 13.9 Å². The fraction of sp³-hybridized carbons (Fsp3) is 0.188. The van der Waals surface area contributed by atoms with Crippen LogP contribution in [0, 0.1) is 5.82 Å². The quantitative estimate of drug-likeness (QED) is 0.932. The molecule has 0 spiro atoms. The van der Waals surface area contributed by atoms with E-state index in [0.29, 0.717) is 18.7 Å². The maximum atomic E-state index is 12.8. The molecule has 0 fully saturated rings. The highest BCUT2D eigenvalue weighted by Gasteiger charge is 2.23. The molecule has 3 rings (SSSR count). The zero-order valence-corrected chi connectivity index (χ0v) is 10.8. The fourth-order valence-corrected chi connectivity index (χ4v) is 2.32. The van der Waals surface area contributed by atoms with Crippen LogP contribution < -0.4 is 10.1 Å². The minimum atomic E-state index is -0.348. The lowest BCUT2D eigenvalue weighted by Crippen LogP contribution is -2.28. The standard InChI is InChI=1S/C16H14FNO2/c17-13-7-5-11(6-8-13)16(19)18-9-12-10-20-15-4-2-1-3-14(12)15/h1-8,12H,9-10H2,(H,18,19). The summed E-state index contributed by atoms with van der Waals surface area (Å²) in [4.78, 5) is 12.0. The molecular weight excluding hydrogens is 257 g/mol. The highest BCUT2D eigenvalue weighted by molar-refractivity contribution is 5.94. The Morgan fingerprint density at radius 3 is 2.75 bits per heavy atom. The van der Waals surface area contributed by atoms with Crippen LogP contribution in [0.25, 0.3) is 0 Å². The van der Waals surface area contributed by atoms with Crippen LogP contribution in [-0.2, 0) is 0 Å². The number of carbonyl (C=O) groups excluding carboxylic acids is 1. The molecule has 1 amide bonds. The smallest absolute Gasteiger partial charge is 0.251 e. The molecule has 1 aliphatic rings. The molecule has 102 valence electrons. The summed E-state index contributed by atoms with van der Waals surface area (Å²) in [6.07, 6.45) is 0. The fourth-order valence-electron chi connectivity index (χ4n) is 2.32. The number of benzene rings is 2. The van der Waals surface area contributed by atoms with Gasteiger partial charge in [0.15, 0.2) is 0 Å². The van der Waals surface area contributed by atoms with Crippen molar-refractivity contribution in [1.82, 2.24) is 5.32 Å². The maximum Gasteiger partial charge on any atom is 0.251 e. The van der Waals surface area contributed by atoms with Crippen LogP contribution in [0.1, 0.15) is 21.8 Å². The number of fused-ring (bicyclic) bond motifs is 1. The van der Waals surface area contributed by atoms with Crippen molar-refractivity contribution in [3.63, 3.8) is 0 Å². The molecule has 20 heavy (non-hydrogen) atoms. The summed E-state index contributed by atoms with van der Waals surface area (Å²) < 4.78 is 18.4. The lowest BCUT2D eigenvalue weighted by molar-refractivity contribution is 0.0950. The highest BCUT2D eigenvalue weighted by atomic mass is 19.1. The molecule has 0 radical (unpaired) electrons. The average Bonchev–Trinajstić information content (AvgIpc) is 2.89. The molecule has 4 heteroatoms. The Bertz CT molecular complexity index is 625. The Morgan fingerprint density at radius 1 is 1.20 bits per heavy atom. The van der Waals surface area contributed by atoms with Crippen LogP contribution in [0.4, 0.5) is 4.39 Å². The first-order valence-electron chi connectivity index (χ1n) is 6.49. The van der Waals surface area contributed by atoms with Gasteiger partial charge in [0.1, 0.15) is 11.6 Å². The van der Waals surface area contributed by atoms with E-state index in [1.807, 2.05) is 24.3 Å². The van der Waals surface area contributed by atoms with Crippen LogP contribution >= 0.6 is 0 Å². The van der Waals surface area contributed by atoms with Gasteiger partial charge in [0, 0.05) is 23.6 Å². The van der Waals surface area contributed by atoms with Gasteiger partial charge in [-0.25, -0.2) is 4.39 Å². The van der Waals surface area contributed by atoms with Crippen molar-refractivity contribution in [3.8, 4) is 5.75 Å². The number of halogens is 1. The Balaban J connectivity index is 1.63. The SMILES string of the molecule is O=C(NCC1COc2ccccc21)c1ccc(F)cc1. The van der Waals surface area contributed by atoms with E-state index in [4.69, 9.17) is 4.74 Å².